The number of carbonyl (C=O) groups excluding carboxylic acids is 1. The van der Waals surface area contributed by atoms with E-state index in [1.165, 1.54) is 5.56 Å². The van der Waals surface area contributed by atoms with Crippen molar-refractivity contribution in [2.24, 2.45) is 0 Å². The highest BCUT2D eigenvalue weighted by Gasteiger charge is 2.27. The van der Waals surface area contributed by atoms with E-state index < -0.39 is 0 Å². The van der Waals surface area contributed by atoms with E-state index >= 15 is 0 Å². The number of ether oxygens (including phenoxy) is 1. The normalized spacial score (nSPS) is 14.9. The summed E-state index contributed by atoms with van der Waals surface area (Å²) in [6, 6.07) is 9.99. The van der Waals surface area contributed by atoms with Gasteiger partial charge in [0.05, 0.1) is 0 Å². The first-order chi connectivity index (χ1) is 13.1. The van der Waals surface area contributed by atoms with Gasteiger partial charge in [0, 0.05) is 12.6 Å². The minimum absolute atomic E-state index is 0.0125. The molecule has 0 aliphatic carbocycles. The summed E-state index contributed by atoms with van der Waals surface area (Å²) in [5.74, 6) is 1.90. The average molecular weight is 370 g/mol. The second-order valence-corrected chi connectivity index (χ2v) is 7.30. The fourth-order valence-corrected chi connectivity index (χ4v) is 3.63. The largest absolute Gasteiger partial charge is 0.485 e. The molecule has 3 rings (SSSR count). The van der Waals surface area contributed by atoms with Gasteiger partial charge < -0.3 is 19.4 Å². The lowest BCUT2D eigenvalue weighted by atomic mass is 10.0. The van der Waals surface area contributed by atoms with Crippen LogP contribution in [0.5, 0.6) is 5.75 Å². The van der Waals surface area contributed by atoms with E-state index in [4.69, 9.17) is 9.15 Å². The van der Waals surface area contributed by atoms with Crippen LogP contribution in [-0.2, 0) is 6.61 Å². The lowest BCUT2D eigenvalue weighted by Gasteiger charge is -2.34. The topological polar surface area (TPSA) is 54.7 Å². The summed E-state index contributed by atoms with van der Waals surface area (Å²) in [6.45, 7) is 9.20. The first-order valence-corrected chi connectivity index (χ1v) is 9.89. The SMILES string of the molecule is CCCN(C(=O)c1ccc(COc2ccc(C)cc2C)o1)C1CCNCC1. The van der Waals surface area contributed by atoms with Crippen LogP contribution < -0.4 is 10.1 Å². The van der Waals surface area contributed by atoms with Crippen LogP contribution >= 0.6 is 0 Å². The number of piperidine rings is 1. The minimum Gasteiger partial charge on any atom is -0.485 e. The Hall–Kier alpha value is -2.27. The van der Waals surface area contributed by atoms with Gasteiger partial charge in [-0.15, -0.1) is 0 Å². The summed E-state index contributed by atoms with van der Waals surface area (Å²) in [4.78, 5) is 15.0. The van der Waals surface area contributed by atoms with E-state index in [1.807, 2.05) is 30.0 Å². The monoisotopic (exact) mass is 370 g/mol. The molecule has 27 heavy (non-hydrogen) atoms. The summed E-state index contributed by atoms with van der Waals surface area (Å²) in [5.41, 5.74) is 2.30. The second-order valence-electron chi connectivity index (χ2n) is 7.30. The molecule has 1 N–H and O–H groups in total. The molecule has 1 aliphatic heterocycles. The van der Waals surface area contributed by atoms with Crippen LogP contribution in [-0.4, -0.2) is 36.5 Å². The summed E-state index contributed by atoms with van der Waals surface area (Å²) >= 11 is 0. The average Bonchev–Trinajstić information content (AvgIpc) is 3.15. The Labute approximate surface area is 161 Å². The maximum atomic E-state index is 13.0. The first kappa shape index (κ1) is 19.5. The van der Waals surface area contributed by atoms with Crippen molar-refractivity contribution in [2.75, 3.05) is 19.6 Å². The molecule has 0 spiro atoms. The van der Waals surface area contributed by atoms with Crippen LogP contribution in [0, 0.1) is 13.8 Å². The van der Waals surface area contributed by atoms with Crippen LogP contribution in [0.1, 0.15) is 53.6 Å². The van der Waals surface area contributed by atoms with Crippen molar-refractivity contribution < 1.29 is 13.9 Å². The van der Waals surface area contributed by atoms with Crippen LogP contribution in [0.4, 0.5) is 0 Å². The number of nitrogens with zero attached hydrogens (tertiary/aromatic N) is 1. The smallest absolute Gasteiger partial charge is 0.289 e. The van der Waals surface area contributed by atoms with E-state index in [9.17, 15) is 4.79 Å². The van der Waals surface area contributed by atoms with Gasteiger partial charge in [0.1, 0.15) is 18.1 Å². The molecule has 5 nitrogen and oxygen atoms in total. The fourth-order valence-electron chi connectivity index (χ4n) is 3.63. The lowest BCUT2D eigenvalue weighted by molar-refractivity contribution is 0.0606. The first-order valence-electron chi connectivity index (χ1n) is 9.89. The summed E-state index contributed by atoms with van der Waals surface area (Å²) in [6.07, 6.45) is 2.93. The highest BCUT2D eigenvalue weighted by atomic mass is 16.5. The standard InChI is InChI=1S/C22H30N2O3/c1-4-13-24(18-9-11-23-12-10-18)22(25)21-8-6-19(27-21)15-26-20-7-5-16(2)14-17(20)3/h5-8,14,18,23H,4,9-13,15H2,1-3H3. The third-order valence-corrected chi connectivity index (χ3v) is 5.05. The molecule has 2 heterocycles. The maximum absolute atomic E-state index is 13.0. The third kappa shape index (κ3) is 4.92. The molecule has 146 valence electrons. The van der Waals surface area contributed by atoms with Gasteiger partial charge in [0.25, 0.3) is 5.91 Å². The highest BCUT2D eigenvalue weighted by molar-refractivity contribution is 5.91. The number of hydrogen-bond acceptors (Lipinski definition) is 4. The quantitative estimate of drug-likeness (QED) is 0.798. The summed E-state index contributed by atoms with van der Waals surface area (Å²) < 4.78 is 11.7. The minimum atomic E-state index is -0.0125. The zero-order valence-electron chi connectivity index (χ0n) is 16.6. The van der Waals surface area contributed by atoms with Crippen molar-refractivity contribution in [3.8, 4) is 5.75 Å². The Morgan fingerprint density at radius 3 is 2.70 bits per heavy atom. The van der Waals surface area contributed by atoms with Crippen molar-refractivity contribution in [3.05, 3.63) is 53.0 Å². The van der Waals surface area contributed by atoms with Crippen LogP contribution in [0.3, 0.4) is 0 Å². The molecule has 1 amide bonds. The van der Waals surface area contributed by atoms with Gasteiger partial charge in [-0.1, -0.05) is 24.6 Å². The van der Waals surface area contributed by atoms with Crippen molar-refractivity contribution >= 4 is 5.91 Å². The molecular weight excluding hydrogens is 340 g/mol. The molecule has 0 bridgehead atoms. The van der Waals surface area contributed by atoms with Crippen LogP contribution in [0.25, 0.3) is 0 Å². The van der Waals surface area contributed by atoms with Gasteiger partial charge in [-0.25, -0.2) is 0 Å². The lowest BCUT2D eigenvalue weighted by Crippen LogP contribution is -2.46. The van der Waals surface area contributed by atoms with E-state index in [2.05, 4.69) is 25.2 Å². The number of aryl methyl sites for hydroxylation is 2. The van der Waals surface area contributed by atoms with Gasteiger partial charge in [0.15, 0.2) is 5.76 Å². The maximum Gasteiger partial charge on any atom is 0.289 e. The Morgan fingerprint density at radius 1 is 1.22 bits per heavy atom. The fraction of sp³-hybridized carbons (Fsp3) is 0.500. The van der Waals surface area contributed by atoms with Gasteiger partial charge in [0.2, 0.25) is 0 Å². The van der Waals surface area contributed by atoms with E-state index in [-0.39, 0.29) is 5.91 Å². The predicted octanol–water partition coefficient (Wildman–Crippen LogP) is 4.08. The van der Waals surface area contributed by atoms with Crippen LogP contribution in [0.2, 0.25) is 0 Å². The molecule has 0 unspecified atom stereocenters. The number of furan rings is 1. The van der Waals surface area contributed by atoms with E-state index in [1.54, 1.807) is 6.07 Å². The molecule has 1 saturated heterocycles. The van der Waals surface area contributed by atoms with Gasteiger partial charge in [-0.3, -0.25) is 4.79 Å². The molecule has 0 atom stereocenters. The predicted molar refractivity (Wildman–Crippen MR) is 106 cm³/mol. The Balaban J connectivity index is 1.65. The molecule has 1 aromatic carbocycles. The molecule has 0 saturated carbocycles. The number of nitrogens with one attached hydrogen (secondary N) is 1. The van der Waals surface area contributed by atoms with Crippen molar-refractivity contribution in [2.45, 2.75) is 52.7 Å². The van der Waals surface area contributed by atoms with Gasteiger partial charge in [-0.2, -0.15) is 0 Å². The van der Waals surface area contributed by atoms with Crippen molar-refractivity contribution in [1.29, 1.82) is 0 Å². The van der Waals surface area contributed by atoms with Crippen molar-refractivity contribution in [3.63, 3.8) is 0 Å². The van der Waals surface area contributed by atoms with Crippen LogP contribution in [0.15, 0.2) is 34.7 Å². The Morgan fingerprint density at radius 2 is 2.00 bits per heavy atom. The van der Waals surface area contributed by atoms with Gasteiger partial charge >= 0.3 is 0 Å². The second kappa shape index (κ2) is 9.09. The van der Waals surface area contributed by atoms with Crippen molar-refractivity contribution in [1.82, 2.24) is 10.2 Å². The molecule has 5 heteroatoms. The third-order valence-electron chi connectivity index (χ3n) is 5.05. The Bertz CT molecular complexity index is 763. The zero-order chi connectivity index (χ0) is 19.2. The number of carbonyl (C=O) groups is 1. The highest BCUT2D eigenvalue weighted by Crippen LogP contribution is 2.22. The summed E-state index contributed by atoms with van der Waals surface area (Å²) in [7, 11) is 0. The number of benzene rings is 1. The van der Waals surface area contributed by atoms with E-state index in [0.29, 0.717) is 24.2 Å². The molecule has 1 aromatic heterocycles. The van der Waals surface area contributed by atoms with Gasteiger partial charge in [-0.05, 0) is 70.0 Å². The molecule has 1 fully saturated rings. The number of hydrogen-bond donors (Lipinski definition) is 1. The molecule has 1 aliphatic rings. The Kier molecular flexibility index (Phi) is 6.56. The zero-order valence-corrected chi connectivity index (χ0v) is 16.6. The molecule has 0 radical (unpaired) electrons. The van der Waals surface area contributed by atoms with E-state index in [0.717, 1.165) is 50.2 Å². The molecular formula is C22H30N2O3. The summed E-state index contributed by atoms with van der Waals surface area (Å²) in [5, 5.41) is 3.36. The number of rotatable bonds is 7. The molecule has 2 aromatic rings. The number of amides is 1.